The van der Waals surface area contributed by atoms with Crippen LogP contribution in [0.15, 0.2) is 0 Å². The summed E-state index contributed by atoms with van der Waals surface area (Å²) < 4.78 is 0. The van der Waals surface area contributed by atoms with Gasteiger partial charge in [-0.15, -0.1) is 0 Å². The van der Waals surface area contributed by atoms with Gasteiger partial charge in [0.05, 0.1) is 0 Å². The fourth-order valence-corrected chi connectivity index (χ4v) is 4.86. The van der Waals surface area contributed by atoms with E-state index in [1.807, 2.05) is 0 Å². The van der Waals surface area contributed by atoms with E-state index in [-0.39, 0.29) is 0 Å². The zero-order chi connectivity index (χ0) is 13.5. The van der Waals surface area contributed by atoms with Gasteiger partial charge < -0.3 is 10.6 Å². The average molecular weight is 265 g/mol. The van der Waals surface area contributed by atoms with Crippen LogP contribution in [0.3, 0.4) is 0 Å². The van der Waals surface area contributed by atoms with E-state index in [0.717, 1.165) is 24.3 Å². The van der Waals surface area contributed by atoms with Crippen LogP contribution in [-0.4, -0.2) is 54.6 Å². The highest BCUT2D eigenvalue weighted by atomic mass is 15.3. The molecule has 0 aromatic carbocycles. The summed E-state index contributed by atoms with van der Waals surface area (Å²) in [6.07, 6.45) is 5.45. The summed E-state index contributed by atoms with van der Waals surface area (Å²) in [6, 6.07) is 0. The lowest BCUT2D eigenvalue weighted by Gasteiger charge is -2.52. The Bertz CT molecular complexity index is 309. The molecule has 3 aliphatic heterocycles. The van der Waals surface area contributed by atoms with Gasteiger partial charge in [-0.25, -0.2) is 0 Å². The van der Waals surface area contributed by atoms with Crippen LogP contribution in [-0.2, 0) is 0 Å². The minimum Gasteiger partial charge on any atom is -0.329 e. The third-order valence-corrected chi connectivity index (χ3v) is 6.36. The summed E-state index contributed by atoms with van der Waals surface area (Å²) in [7, 11) is 0. The van der Waals surface area contributed by atoms with Gasteiger partial charge in [0, 0.05) is 18.6 Å². The second-order valence-corrected chi connectivity index (χ2v) is 7.41. The first-order valence-corrected chi connectivity index (χ1v) is 8.33. The lowest BCUT2D eigenvalue weighted by atomic mass is 9.75. The molecule has 0 aliphatic carbocycles. The van der Waals surface area contributed by atoms with Crippen molar-refractivity contribution in [3.63, 3.8) is 0 Å². The van der Waals surface area contributed by atoms with Crippen molar-refractivity contribution in [1.29, 1.82) is 0 Å². The third kappa shape index (κ3) is 2.34. The van der Waals surface area contributed by atoms with Crippen LogP contribution in [0.1, 0.15) is 39.5 Å². The lowest BCUT2D eigenvalue weighted by molar-refractivity contribution is -0.0179. The molecule has 3 atom stereocenters. The Hall–Kier alpha value is -0.120. The summed E-state index contributed by atoms with van der Waals surface area (Å²) >= 11 is 0. The number of rotatable bonds is 3. The fraction of sp³-hybridized carbons (Fsp3) is 1.00. The molecule has 0 amide bonds. The second-order valence-electron chi connectivity index (χ2n) is 7.41. The standard InChI is InChI=1S/C16H31N3/c1-13(2)14-3-8-19(9-4-14)16(12-17)6-10-18-7-5-15(16)11-18/h13-15H,3-12,17H2,1-2H3. The van der Waals surface area contributed by atoms with Gasteiger partial charge in [0.2, 0.25) is 0 Å². The predicted octanol–water partition coefficient (Wildman–Crippen LogP) is 1.78. The highest BCUT2D eigenvalue weighted by Gasteiger charge is 2.49. The number of likely N-dealkylation sites (tertiary alicyclic amines) is 1. The molecule has 0 aromatic rings. The van der Waals surface area contributed by atoms with E-state index in [0.29, 0.717) is 5.54 Å². The Labute approximate surface area is 118 Å². The van der Waals surface area contributed by atoms with Crippen molar-refractivity contribution in [1.82, 2.24) is 9.80 Å². The number of hydrogen-bond acceptors (Lipinski definition) is 3. The predicted molar refractivity (Wildman–Crippen MR) is 80.1 cm³/mol. The van der Waals surface area contributed by atoms with Gasteiger partial charge in [-0.3, -0.25) is 4.90 Å². The Morgan fingerprint density at radius 3 is 2.47 bits per heavy atom. The quantitative estimate of drug-likeness (QED) is 0.844. The molecule has 19 heavy (non-hydrogen) atoms. The first-order valence-electron chi connectivity index (χ1n) is 8.33. The van der Waals surface area contributed by atoms with E-state index >= 15 is 0 Å². The molecule has 2 bridgehead atoms. The molecule has 110 valence electrons. The summed E-state index contributed by atoms with van der Waals surface area (Å²) in [5, 5.41) is 0. The Morgan fingerprint density at radius 1 is 1.11 bits per heavy atom. The molecule has 3 fully saturated rings. The molecule has 0 aromatic heterocycles. The highest BCUT2D eigenvalue weighted by Crippen LogP contribution is 2.41. The largest absolute Gasteiger partial charge is 0.329 e. The molecule has 0 spiro atoms. The first-order chi connectivity index (χ1) is 9.15. The third-order valence-electron chi connectivity index (χ3n) is 6.36. The summed E-state index contributed by atoms with van der Waals surface area (Å²) in [5.41, 5.74) is 6.63. The van der Waals surface area contributed by atoms with Crippen molar-refractivity contribution in [2.45, 2.75) is 45.1 Å². The van der Waals surface area contributed by atoms with E-state index in [9.17, 15) is 0 Å². The Kier molecular flexibility index (Phi) is 3.89. The van der Waals surface area contributed by atoms with Gasteiger partial charge in [-0.05, 0) is 69.6 Å². The average Bonchev–Trinajstić information content (AvgIpc) is 2.84. The number of nitrogens with two attached hydrogens (primary N) is 1. The molecule has 0 radical (unpaired) electrons. The summed E-state index contributed by atoms with van der Waals surface area (Å²) in [5.74, 6) is 2.63. The van der Waals surface area contributed by atoms with Gasteiger partial charge in [0.25, 0.3) is 0 Å². The van der Waals surface area contributed by atoms with Crippen molar-refractivity contribution in [2.24, 2.45) is 23.5 Å². The molecule has 3 rings (SSSR count). The highest BCUT2D eigenvalue weighted by molar-refractivity contribution is 5.05. The topological polar surface area (TPSA) is 32.5 Å². The van der Waals surface area contributed by atoms with Crippen LogP contribution in [0.25, 0.3) is 0 Å². The molecule has 0 saturated carbocycles. The van der Waals surface area contributed by atoms with Gasteiger partial charge in [0.1, 0.15) is 0 Å². The fourth-order valence-electron chi connectivity index (χ4n) is 4.86. The summed E-state index contributed by atoms with van der Waals surface area (Å²) in [6.45, 7) is 12.1. The van der Waals surface area contributed by atoms with E-state index in [1.165, 1.54) is 58.4 Å². The minimum absolute atomic E-state index is 0.342. The molecule has 3 heterocycles. The van der Waals surface area contributed by atoms with E-state index < -0.39 is 0 Å². The molecule has 3 nitrogen and oxygen atoms in total. The van der Waals surface area contributed by atoms with Crippen molar-refractivity contribution in [3.05, 3.63) is 0 Å². The maximum Gasteiger partial charge on any atom is 0.0384 e. The minimum atomic E-state index is 0.342. The zero-order valence-electron chi connectivity index (χ0n) is 12.8. The molecule has 3 saturated heterocycles. The van der Waals surface area contributed by atoms with Crippen LogP contribution < -0.4 is 5.73 Å². The van der Waals surface area contributed by atoms with Crippen LogP contribution in [0.4, 0.5) is 0 Å². The maximum absolute atomic E-state index is 6.29. The molecule has 3 unspecified atom stereocenters. The normalized spacial score (nSPS) is 41.1. The zero-order valence-corrected chi connectivity index (χ0v) is 12.8. The lowest BCUT2D eigenvalue weighted by Crippen LogP contribution is -2.63. The number of fused-ring (bicyclic) bond motifs is 2. The van der Waals surface area contributed by atoms with Gasteiger partial charge >= 0.3 is 0 Å². The molecule has 2 N–H and O–H groups in total. The van der Waals surface area contributed by atoms with E-state index in [2.05, 4.69) is 23.6 Å². The number of nitrogens with zero attached hydrogens (tertiary/aromatic N) is 2. The summed E-state index contributed by atoms with van der Waals surface area (Å²) in [4.78, 5) is 5.43. The maximum atomic E-state index is 6.29. The van der Waals surface area contributed by atoms with E-state index in [4.69, 9.17) is 5.73 Å². The van der Waals surface area contributed by atoms with Gasteiger partial charge in [-0.2, -0.15) is 0 Å². The van der Waals surface area contributed by atoms with Crippen molar-refractivity contribution in [2.75, 3.05) is 39.3 Å². The smallest absolute Gasteiger partial charge is 0.0384 e. The van der Waals surface area contributed by atoms with Gasteiger partial charge in [-0.1, -0.05) is 13.8 Å². The van der Waals surface area contributed by atoms with Crippen molar-refractivity contribution in [3.8, 4) is 0 Å². The molecule has 3 heteroatoms. The van der Waals surface area contributed by atoms with Crippen LogP contribution >= 0.6 is 0 Å². The Balaban J connectivity index is 1.69. The molecular formula is C16H31N3. The van der Waals surface area contributed by atoms with Gasteiger partial charge in [0.15, 0.2) is 0 Å². The molecular weight excluding hydrogens is 234 g/mol. The number of hydrogen-bond donors (Lipinski definition) is 1. The molecule has 3 aliphatic rings. The van der Waals surface area contributed by atoms with Crippen molar-refractivity contribution >= 4 is 0 Å². The Morgan fingerprint density at radius 2 is 1.84 bits per heavy atom. The van der Waals surface area contributed by atoms with Crippen LogP contribution in [0.5, 0.6) is 0 Å². The monoisotopic (exact) mass is 265 g/mol. The van der Waals surface area contributed by atoms with Crippen molar-refractivity contribution < 1.29 is 0 Å². The SMILES string of the molecule is CC(C)C1CCN(C2(CN)CCN3CCC2C3)CC1. The first kappa shape index (κ1) is 13.8. The van der Waals surface area contributed by atoms with E-state index in [1.54, 1.807) is 0 Å². The van der Waals surface area contributed by atoms with Crippen LogP contribution in [0.2, 0.25) is 0 Å². The second kappa shape index (κ2) is 5.34. The number of piperidine rings is 2. The van der Waals surface area contributed by atoms with Crippen LogP contribution in [0, 0.1) is 17.8 Å².